The van der Waals surface area contributed by atoms with Gasteiger partial charge in [-0.2, -0.15) is 0 Å². The molecular formula is C17H17NO. The van der Waals surface area contributed by atoms with Crippen LogP contribution in [0.1, 0.15) is 23.1 Å². The second-order valence-electron chi connectivity index (χ2n) is 4.64. The van der Waals surface area contributed by atoms with Crippen LogP contribution in [-0.4, -0.2) is 6.54 Å². The van der Waals surface area contributed by atoms with E-state index in [1.165, 1.54) is 16.7 Å². The zero-order valence-corrected chi connectivity index (χ0v) is 10.8. The number of hydrogen-bond acceptors (Lipinski definition) is 2. The van der Waals surface area contributed by atoms with Crippen LogP contribution in [-0.2, 0) is 6.61 Å². The standard InChI is InChI=1S/C17H17NO/c18-11-5-9-15-14-7-2-1-6-13(14)12-19-17-10-4-3-8-16(15)17/h1-4,6-10H,5,11-12,18H2/b15-9-. The number of hydrogen-bond donors (Lipinski definition) is 1. The normalized spacial score (nSPS) is 15.3. The molecule has 0 atom stereocenters. The Morgan fingerprint density at radius 2 is 1.74 bits per heavy atom. The highest BCUT2D eigenvalue weighted by Gasteiger charge is 2.17. The monoisotopic (exact) mass is 251 g/mol. The summed E-state index contributed by atoms with van der Waals surface area (Å²) in [6.07, 6.45) is 3.09. The summed E-state index contributed by atoms with van der Waals surface area (Å²) in [6, 6.07) is 16.6. The molecule has 0 saturated carbocycles. The molecule has 1 aliphatic heterocycles. The van der Waals surface area contributed by atoms with Gasteiger partial charge in [0.25, 0.3) is 0 Å². The predicted molar refractivity (Wildman–Crippen MR) is 78.0 cm³/mol. The molecule has 0 fully saturated rings. The molecule has 19 heavy (non-hydrogen) atoms. The Balaban J connectivity index is 2.19. The van der Waals surface area contributed by atoms with Crippen LogP contribution in [0, 0.1) is 0 Å². The first-order valence-electron chi connectivity index (χ1n) is 6.61. The lowest BCUT2D eigenvalue weighted by Gasteiger charge is -2.10. The Bertz CT molecular complexity index is 567. The maximum atomic E-state index is 5.91. The lowest BCUT2D eigenvalue weighted by atomic mass is 9.93. The number of nitrogens with two attached hydrogens (primary N) is 1. The van der Waals surface area contributed by atoms with Crippen molar-refractivity contribution in [3.05, 3.63) is 71.3 Å². The van der Waals surface area contributed by atoms with E-state index in [0.29, 0.717) is 13.2 Å². The van der Waals surface area contributed by atoms with E-state index in [1.807, 2.05) is 18.2 Å². The lowest BCUT2D eigenvalue weighted by Crippen LogP contribution is -1.97. The molecule has 2 nitrogen and oxygen atoms in total. The molecule has 0 spiro atoms. The molecule has 2 aromatic rings. The maximum absolute atomic E-state index is 5.91. The molecule has 0 aliphatic carbocycles. The van der Waals surface area contributed by atoms with Gasteiger partial charge in [0.2, 0.25) is 0 Å². The van der Waals surface area contributed by atoms with Gasteiger partial charge in [0.05, 0.1) is 0 Å². The Kier molecular flexibility index (Phi) is 3.34. The van der Waals surface area contributed by atoms with Crippen LogP contribution in [0.2, 0.25) is 0 Å². The summed E-state index contributed by atoms with van der Waals surface area (Å²) in [5.41, 5.74) is 10.5. The van der Waals surface area contributed by atoms with Crippen molar-refractivity contribution in [1.82, 2.24) is 0 Å². The molecule has 0 saturated heterocycles. The quantitative estimate of drug-likeness (QED) is 0.888. The van der Waals surface area contributed by atoms with E-state index in [2.05, 4.69) is 36.4 Å². The van der Waals surface area contributed by atoms with Gasteiger partial charge in [-0.25, -0.2) is 0 Å². The number of para-hydroxylation sites is 1. The van der Waals surface area contributed by atoms with Crippen molar-refractivity contribution in [3.63, 3.8) is 0 Å². The largest absolute Gasteiger partial charge is 0.488 e. The van der Waals surface area contributed by atoms with Crippen LogP contribution in [0.25, 0.3) is 5.57 Å². The van der Waals surface area contributed by atoms with E-state index >= 15 is 0 Å². The molecule has 3 rings (SSSR count). The average Bonchev–Trinajstić information content (AvgIpc) is 2.62. The molecule has 0 unspecified atom stereocenters. The first kappa shape index (κ1) is 12.0. The molecule has 2 heteroatoms. The smallest absolute Gasteiger partial charge is 0.127 e. The van der Waals surface area contributed by atoms with Gasteiger partial charge in [0.1, 0.15) is 12.4 Å². The van der Waals surface area contributed by atoms with E-state index in [9.17, 15) is 0 Å². The van der Waals surface area contributed by atoms with E-state index in [1.54, 1.807) is 0 Å². The fraction of sp³-hybridized carbons (Fsp3) is 0.176. The van der Waals surface area contributed by atoms with Crippen LogP contribution in [0.4, 0.5) is 0 Å². The molecule has 1 aliphatic rings. The van der Waals surface area contributed by atoms with E-state index in [4.69, 9.17) is 10.5 Å². The summed E-state index contributed by atoms with van der Waals surface area (Å²) in [6.45, 7) is 1.28. The minimum absolute atomic E-state index is 0.618. The zero-order valence-electron chi connectivity index (χ0n) is 10.8. The molecule has 0 aromatic heterocycles. The lowest BCUT2D eigenvalue weighted by molar-refractivity contribution is 0.307. The number of fused-ring (bicyclic) bond motifs is 2. The third-order valence-corrected chi connectivity index (χ3v) is 3.38. The van der Waals surface area contributed by atoms with Crippen molar-refractivity contribution >= 4 is 5.57 Å². The van der Waals surface area contributed by atoms with Gasteiger partial charge in [-0.05, 0) is 35.7 Å². The molecule has 0 bridgehead atoms. The molecule has 1 heterocycles. The first-order chi connectivity index (χ1) is 9.40. The van der Waals surface area contributed by atoms with Crippen molar-refractivity contribution in [2.75, 3.05) is 6.54 Å². The van der Waals surface area contributed by atoms with Crippen molar-refractivity contribution < 1.29 is 4.74 Å². The van der Waals surface area contributed by atoms with Gasteiger partial charge in [-0.3, -0.25) is 0 Å². The summed E-state index contributed by atoms with van der Waals surface area (Å²) in [5, 5.41) is 0. The van der Waals surface area contributed by atoms with Crippen molar-refractivity contribution in [2.24, 2.45) is 5.73 Å². The average molecular weight is 251 g/mol. The third-order valence-electron chi connectivity index (χ3n) is 3.38. The van der Waals surface area contributed by atoms with Gasteiger partial charge in [-0.15, -0.1) is 0 Å². The summed E-state index contributed by atoms with van der Waals surface area (Å²) >= 11 is 0. The minimum Gasteiger partial charge on any atom is -0.488 e. The summed E-state index contributed by atoms with van der Waals surface area (Å²) in [4.78, 5) is 0. The topological polar surface area (TPSA) is 35.2 Å². The van der Waals surface area contributed by atoms with Crippen LogP contribution >= 0.6 is 0 Å². The highest BCUT2D eigenvalue weighted by atomic mass is 16.5. The minimum atomic E-state index is 0.618. The first-order valence-corrected chi connectivity index (χ1v) is 6.61. The second kappa shape index (κ2) is 5.29. The van der Waals surface area contributed by atoms with E-state index in [0.717, 1.165) is 17.7 Å². The Morgan fingerprint density at radius 1 is 1.00 bits per heavy atom. The number of benzene rings is 2. The highest BCUT2D eigenvalue weighted by molar-refractivity contribution is 5.84. The summed E-state index contributed by atoms with van der Waals surface area (Å²) in [5.74, 6) is 0.946. The van der Waals surface area contributed by atoms with E-state index < -0.39 is 0 Å². The zero-order chi connectivity index (χ0) is 13.1. The van der Waals surface area contributed by atoms with Gasteiger partial charge < -0.3 is 10.5 Å². The van der Waals surface area contributed by atoms with Gasteiger partial charge in [0.15, 0.2) is 0 Å². The SMILES string of the molecule is NCC/C=C1/c2ccccc2COc2ccccc21. The predicted octanol–water partition coefficient (Wildman–Crippen LogP) is 3.36. The Labute approximate surface area is 113 Å². The molecule has 0 radical (unpaired) electrons. The molecule has 2 aromatic carbocycles. The Hall–Kier alpha value is -2.06. The molecule has 0 amide bonds. The van der Waals surface area contributed by atoms with Crippen molar-refractivity contribution in [1.29, 1.82) is 0 Å². The molecule has 2 N–H and O–H groups in total. The highest BCUT2D eigenvalue weighted by Crippen LogP contribution is 2.36. The van der Waals surface area contributed by atoms with Crippen LogP contribution in [0.15, 0.2) is 54.6 Å². The fourth-order valence-electron chi connectivity index (χ4n) is 2.47. The number of rotatable bonds is 2. The van der Waals surface area contributed by atoms with Crippen LogP contribution in [0.3, 0.4) is 0 Å². The van der Waals surface area contributed by atoms with Crippen LogP contribution in [0.5, 0.6) is 5.75 Å². The summed E-state index contributed by atoms with van der Waals surface area (Å²) < 4.78 is 5.91. The summed E-state index contributed by atoms with van der Waals surface area (Å²) in [7, 11) is 0. The van der Waals surface area contributed by atoms with Crippen molar-refractivity contribution in [3.8, 4) is 5.75 Å². The molecule has 96 valence electrons. The molecular weight excluding hydrogens is 234 g/mol. The van der Waals surface area contributed by atoms with Gasteiger partial charge >= 0.3 is 0 Å². The van der Waals surface area contributed by atoms with Crippen molar-refractivity contribution in [2.45, 2.75) is 13.0 Å². The number of ether oxygens (including phenoxy) is 1. The van der Waals surface area contributed by atoms with Gasteiger partial charge in [0, 0.05) is 5.56 Å². The third kappa shape index (κ3) is 2.27. The maximum Gasteiger partial charge on any atom is 0.127 e. The fourth-order valence-corrected chi connectivity index (χ4v) is 2.47. The second-order valence-corrected chi connectivity index (χ2v) is 4.64. The van der Waals surface area contributed by atoms with Gasteiger partial charge in [-0.1, -0.05) is 48.5 Å². The van der Waals surface area contributed by atoms with Crippen LogP contribution < -0.4 is 10.5 Å². The van der Waals surface area contributed by atoms with E-state index in [-0.39, 0.29) is 0 Å². The Morgan fingerprint density at radius 3 is 2.58 bits per heavy atom.